The molecule has 0 aliphatic carbocycles. The zero-order valence-corrected chi connectivity index (χ0v) is 11.8. The third-order valence-corrected chi connectivity index (χ3v) is 3.33. The van der Waals surface area contributed by atoms with Gasteiger partial charge < -0.3 is 15.7 Å². The van der Waals surface area contributed by atoms with E-state index in [4.69, 9.17) is 5.11 Å². The molecule has 112 valence electrons. The van der Waals surface area contributed by atoms with Crippen LogP contribution in [0, 0.1) is 0 Å². The van der Waals surface area contributed by atoms with E-state index in [0.717, 1.165) is 5.01 Å². The Morgan fingerprint density at radius 2 is 2.14 bits per heavy atom. The number of aromatic carboxylic acids is 1. The topological polar surface area (TPSA) is 122 Å². The second-order valence-corrected chi connectivity index (χ2v) is 5.01. The number of carboxylic acid groups (broad SMARTS) is 1. The summed E-state index contributed by atoms with van der Waals surface area (Å²) in [4.78, 5) is 26.2. The van der Waals surface area contributed by atoms with Crippen molar-refractivity contribution in [2.45, 2.75) is 13.0 Å². The van der Waals surface area contributed by atoms with E-state index in [1.165, 1.54) is 10.9 Å². The molecule has 2 amide bonds. The van der Waals surface area contributed by atoms with E-state index in [9.17, 15) is 9.59 Å². The SMILES string of the molecule is O=C(NCCc1nccs1)NCCn1cc(C(=O)O)nn1. The summed E-state index contributed by atoms with van der Waals surface area (Å²) < 4.78 is 1.36. The molecule has 21 heavy (non-hydrogen) atoms. The lowest BCUT2D eigenvalue weighted by Crippen LogP contribution is -2.38. The van der Waals surface area contributed by atoms with Crippen LogP contribution in [0.4, 0.5) is 4.79 Å². The van der Waals surface area contributed by atoms with Crippen molar-refractivity contribution in [2.75, 3.05) is 13.1 Å². The number of hydrogen-bond donors (Lipinski definition) is 3. The first kappa shape index (κ1) is 14.9. The molecule has 2 aromatic heterocycles. The zero-order valence-electron chi connectivity index (χ0n) is 11.0. The van der Waals surface area contributed by atoms with Gasteiger partial charge in [0.25, 0.3) is 0 Å². The average molecular weight is 310 g/mol. The molecular formula is C11H14N6O3S. The molecule has 0 spiro atoms. The maximum absolute atomic E-state index is 11.5. The lowest BCUT2D eigenvalue weighted by Gasteiger charge is -2.06. The maximum atomic E-state index is 11.5. The van der Waals surface area contributed by atoms with Gasteiger partial charge >= 0.3 is 12.0 Å². The van der Waals surface area contributed by atoms with E-state index >= 15 is 0 Å². The third kappa shape index (κ3) is 4.84. The van der Waals surface area contributed by atoms with Gasteiger partial charge in [0.1, 0.15) is 0 Å². The first-order valence-electron chi connectivity index (χ1n) is 6.18. The van der Waals surface area contributed by atoms with Crippen LogP contribution in [0.5, 0.6) is 0 Å². The van der Waals surface area contributed by atoms with Crippen molar-refractivity contribution in [1.29, 1.82) is 0 Å². The van der Waals surface area contributed by atoms with Crippen LogP contribution in [-0.2, 0) is 13.0 Å². The van der Waals surface area contributed by atoms with Crippen LogP contribution in [0.15, 0.2) is 17.8 Å². The summed E-state index contributed by atoms with van der Waals surface area (Å²) in [5.74, 6) is -1.13. The Morgan fingerprint density at radius 3 is 2.81 bits per heavy atom. The van der Waals surface area contributed by atoms with E-state index in [0.29, 0.717) is 26.1 Å². The number of thiazole rings is 1. The van der Waals surface area contributed by atoms with Crippen LogP contribution < -0.4 is 10.6 Å². The smallest absolute Gasteiger partial charge is 0.358 e. The Bertz CT molecular complexity index is 597. The number of carbonyl (C=O) groups excluding carboxylic acids is 1. The molecule has 9 nitrogen and oxygen atoms in total. The predicted molar refractivity (Wildman–Crippen MR) is 74.2 cm³/mol. The molecule has 2 rings (SSSR count). The number of nitrogens with zero attached hydrogens (tertiary/aromatic N) is 4. The molecule has 0 unspecified atom stereocenters. The minimum absolute atomic E-state index is 0.122. The van der Waals surface area contributed by atoms with Crippen LogP contribution in [0.3, 0.4) is 0 Å². The molecule has 0 radical (unpaired) electrons. The molecule has 0 aliphatic heterocycles. The Hall–Kier alpha value is -2.49. The summed E-state index contributed by atoms with van der Waals surface area (Å²) in [7, 11) is 0. The fourth-order valence-electron chi connectivity index (χ4n) is 1.51. The van der Waals surface area contributed by atoms with Crippen molar-refractivity contribution in [3.05, 3.63) is 28.5 Å². The molecule has 2 heterocycles. The third-order valence-electron chi connectivity index (χ3n) is 2.49. The minimum Gasteiger partial charge on any atom is -0.476 e. The highest BCUT2D eigenvalue weighted by atomic mass is 32.1. The summed E-state index contributed by atoms with van der Waals surface area (Å²) >= 11 is 1.55. The van der Waals surface area contributed by atoms with E-state index in [1.54, 1.807) is 17.5 Å². The lowest BCUT2D eigenvalue weighted by atomic mass is 10.4. The van der Waals surface area contributed by atoms with E-state index in [1.807, 2.05) is 5.38 Å². The monoisotopic (exact) mass is 310 g/mol. The number of hydrogen-bond acceptors (Lipinski definition) is 6. The van der Waals surface area contributed by atoms with E-state index < -0.39 is 5.97 Å². The maximum Gasteiger partial charge on any atom is 0.358 e. The van der Waals surface area contributed by atoms with E-state index in [2.05, 4.69) is 25.9 Å². The Morgan fingerprint density at radius 1 is 1.33 bits per heavy atom. The first-order chi connectivity index (χ1) is 10.1. The fraction of sp³-hybridized carbons (Fsp3) is 0.364. The number of nitrogens with one attached hydrogen (secondary N) is 2. The normalized spacial score (nSPS) is 10.3. The number of carboxylic acids is 1. The van der Waals surface area contributed by atoms with Crippen molar-refractivity contribution < 1.29 is 14.7 Å². The number of urea groups is 1. The highest BCUT2D eigenvalue weighted by Crippen LogP contribution is 2.03. The predicted octanol–water partition coefficient (Wildman–Crippen LogP) is -0.0253. The van der Waals surface area contributed by atoms with Crippen LogP contribution in [0.2, 0.25) is 0 Å². The molecule has 0 atom stereocenters. The summed E-state index contributed by atoms with van der Waals surface area (Å²) in [5.41, 5.74) is -0.122. The quantitative estimate of drug-likeness (QED) is 0.660. The number of rotatable bonds is 7. The van der Waals surface area contributed by atoms with Crippen LogP contribution >= 0.6 is 11.3 Å². The minimum atomic E-state index is -1.13. The number of carbonyl (C=O) groups is 2. The molecule has 3 N–H and O–H groups in total. The Labute approximate surface area is 124 Å². The van der Waals surface area contributed by atoms with Crippen LogP contribution in [-0.4, -0.2) is 50.2 Å². The van der Waals surface area contributed by atoms with Crippen molar-refractivity contribution in [1.82, 2.24) is 30.6 Å². The van der Waals surface area contributed by atoms with Gasteiger partial charge in [-0.2, -0.15) is 0 Å². The van der Waals surface area contributed by atoms with E-state index in [-0.39, 0.29) is 11.7 Å². The number of aromatic nitrogens is 4. The molecule has 0 bridgehead atoms. The van der Waals surface area contributed by atoms with Gasteiger partial charge in [-0.05, 0) is 0 Å². The molecule has 2 aromatic rings. The molecule has 10 heteroatoms. The van der Waals surface area contributed by atoms with Gasteiger partial charge in [0.15, 0.2) is 5.69 Å². The molecular weight excluding hydrogens is 296 g/mol. The van der Waals surface area contributed by atoms with Crippen molar-refractivity contribution in [2.24, 2.45) is 0 Å². The molecule has 0 saturated carbocycles. The van der Waals surface area contributed by atoms with Crippen LogP contribution in [0.25, 0.3) is 0 Å². The van der Waals surface area contributed by atoms with Gasteiger partial charge in [0.2, 0.25) is 0 Å². The Balaban J connectivity index is 1.61. The lowest BCUT2D eigenvalue weighted by molar-refractivity contribution is 0.0690. The summed E-state index contributed by atoms with van der Waals surface area (Å²) in [6.45, 7) is 1.18. The van der Waals surface area contributed by atoms with Gasteiger partial charge in [-0.1, -0.05) is 5.21 Å². The van der Waals surface area contributed by atoms with Crippen molar-refractivity contribution in [3.8, 4) is 0 Å². The number of amides is 2. The van der Waals surface area contributed by atoms with Gasteiger partial charge in [-0.15, -0.1) is 16.4 Å². The standard InChI is InChI=1S/C11H14N6O3S/c18-10(19)8-7-17(16-15-8)5-3-14-11(20)13-2-1-9-12-4-6-21-9/h4,6-7H,1-3,5H2,(H,18,19)(H2,13,14,20). The zero-order chi connectivity index (χ0) is 15.1. The van der Waals surface area contributed by atoms with Crippen molar-refractivity contribution in [3.63, 3.8) is 0 Å². The van der Waals surface area contributed by atoms with Crippen LogP contribution in [0.1, 0.15) is 15.5 Å². The van der Waals surface area contributed by atoms with Crippen molar-refractivity contribution >= 4 is 23.3 Å². The fourth-order valence-corrected chi connectivity index (χ4v) is 2.13. The van der Waals surface area contributed by atoms with Gasteiger partial charge in [-0.3, -0.25) is 0 Å². The summed E-state index contributed by atoms with van der Waals surface area (Å²) in [6.07, 6.45) is 3.73. The summed E-state index contributed by atoms with van der Waals surface area (Å²) in [5, 5.41) is 24.0. The molecule has 0 saturated heterocycles. The van der Waals surface area contributed by atoms with Gasteiger partial charge in [-0.25, -0.2) is 19.3 Å². The second kappa shape index (κ2) is 7.33. The largest absolute Gasteiger partial charge is 0.476 e. The second-order valence-electron chi connectivity index (χ2n) is 4.03. The molecule has 0 aromatic carbocycles. The molecule has 0 aliphatic rings. The summed E-state index contributed by atoms with van der Waals surface area (Å²) in [6, 6.07) is -0.287. The van der Waals surface area contributed by atoms with Gasteiger partial charge in [0.05, 0.1) is 17.7 Å². The highest BCUT2D eigenvalue weighted by Gasteiger charge is 2.08. The van der Waals surface area contributed by atoms with Gasteiger partial charge in [0, 0.05) is 31.1 Å². The highest BCUT2D eigenvalue weighted by molar-refractivity contribution is 7.09. The molecule has 0 fully saturated rings. The first-order valence-corrected chi connectivity index (χ1v) is 7.06. The Kier molecular flexibility index (Phi) is 5.21. The average Bonchev–Trinajstić information content (AvgIpc) is 3.09.